The first-order valence-corrected chi connectivity index (χ1v) is 21.7. The SMILES string of the molecule is C[C@H]1CC[C@@H](CSc2ncc(S(=O)(=O)NC(=O)c3ccc(N4CCC5(CC4)CC(N4CCOCC4)C5)cc3Oc3cnc4[nH]ccc4c3)cc2[N+](=O)[O-])CC1. The lowest BCUT2D eigenvalue weighted by Crippen LogP contribution is -2.57. The molecule has 14 nitrogen and oxygen atoms in total. The number of aromatic amines is 1. The van der Waals surface area contributed by atoms with Crippen LogP contribution in [0.4, 0.5) is 11.4 Å². The molecule has 2 saturated carbocycles. The van der Waals surface area contributed by atoms with Crippen molar-refractivity contribution < 1.29 is 27.6 Å². The Morgan fingerprint density at radius 1 is 1.05 bits per heavy atom. The molecule has 2 aliphatic heterocycles. The average Bonchev–Trinajstić information content (AvgIpc) is 3.65. The van der Waals surface area contributed by atoms with Crippen molar-refractivity contribution in [2.45, 2.75) is 74.3 Å². The van der Waals surface area contributed by atoms with Gasteiger partial charge < -0.3 is 19.4 Å². The Kier molecular flexibility index (Phi) is 10.8. The molecule has 1 spiro atoms. The zero-order valence-electron chi connectivity index (χ0n) is 30.9. The molecular weight excluding hydrogens is 743 g/mol. The number of piperidine rings is 1. The van der Waals surface area contributed by atoms with Crippen LogP contribution in [0.3, 0.4) is 0 Å². The Bertz CT molecular complexity index is 2150. The molecule has 1 amide bonds. The highest BCUT2D eigenvalue weighted by atomic mass is 32.2. The summed E-state index contributed by atoms with van der Waals surface area (Å²) in [6.45, 7) is 7.57. The minimum Gasteiger partial charge on any atom is -0.455 e. The van der Waals surface area contributed by atoms with Crippen LogP contribution < -0.4 is 14.4 Å². The van der Waals surface area contributed by atoms with Gasteiger partial charge >= 0.3 is 5.69 Å². The zero-order valence-corrected chi connectivity index (χ0v) is 32.6. The van der Waals surface area contributed by atoms with Gasteiger partial charge in [0.1, 0.15) is 22.0 Å². The number of amides is 1. The number of benzene rings is 1. The number of nitro groups is 1. The molecule has 3 aromatic heterocycles. The highest BCUT2D eigenvalue weighted by Crippen LogP contribution is 2.51. The number of fused-ring (bicyclic) bond motifs is 1. The summed E-state index contributed by atoms with van der Waals surface area (Å²) in [6.07, 6.45) is 13.3. The Morgan fingerprint density at radius 2 is 1.82 bits per heavy atom. The monoisotopic (exact) mass is 789 g/mol. The van der Waals surface area contributed by atoms with Gasteiger partial charge in [-0.25, -0.2) is 23.1 Å². The van der Waals surface area contributed by atoms with Gasteiger partial charge in [0.2, 0.25) is 0 Å². The normalized spacial score (nSPS) is 22.0. The van der Waals surface area contributed by atoms with Crippen LogP contribution in [0, 0.1) is 27.4 Å². The van der Waals surface area contributed by atoms with Gasteiger partial charge in [-0.05, 0) is 80.0 Å². The largest absolute Gasteiger partial charge is 0.455 e. The number of nitrogens with one attached hydrogen (secondary N) is 2. The van der Waals surface area contributed by atoms with Crippen LogP contribution in [0.5, 0.6) is 11.5 Å². The average molecular weight is 790 g/mol. The summed E-state index contributed by atoms with van der Waals surface area (Å²) >= 11 is 1.27. The minimum atomic E-state index is -4.55. The Hall–Kier alpha value is -4.25. The number of sulfonamides is 1. The van der Waals surface area contributed by atoms with E-state index in [0.29, 0.717) is 40.4 Å². The smallest absolute Gasteiger partial charge is 0.302 e. The van der Waals surface area contributed by atoms with E-state index < -0.39 is 31.4 Å². The van der Waals surface area contributed by atoms with E-state index in [4.69, 9.17) is 9.47 Å². The molecule has 16 heteroatoms. The summed E-state index contributed by atoms with van der Waals surface area (Å²) in [7, 11) is -4.55. The number of hydrogen-bond donors (Lipinski definition) is 2. The van der Waals surface area contributed by atoms with E-state index in [1.54, 1.807) is 24.4 Å². The number of nitrogens with zero attached hydrogens (tertiary/aromatic N) is 5. The number of pyridine rings is 2. The first kappa shape index (κ1) is 37.7. The fraction of sp³-hybridized carbons (Fsp3) is 0.513. The topological polar surface area (TPSA) is 173 Å². The molecule has 0 radical (unpaired) electrons. The van der Waals surface area contributed by atoms with Crippen molar-refractivity contribution >= 4 is 50.1 Å². The lowest BCUT2D eigenvalue weighted by molar-refractivity contribution is -0.388. The molecule has 4 aliphatic rings. The fourth-order valence-corrected chi connectivity index (χ4v) is 10.7. The van der Waals surface area contributed by atoms with Gasteiger partial charge in [-0.3, -0.25) is 19.8 Å². The lowest BCUT2D eigenvalue weighted by atomic mass is 9.60. The third kappa shape index (κ3) is 8.32. The number of ether oxygens (including phenoxy) is 2. The van der Waals surface area contributed by atoms with Crippen LogP contribution in [-0.2, 0) is 14.8 Å². The predicted octanol–water partition coefficient (Wildman–Crippen LogP) is 6.78. The van der Waals surface area contributed by atoms with Crippen LogP contribution in [0.25, 0.3) is 11.0 Å². The molecule has 8 rings (SSSR count). The number of anilines is 1. The molecule has 4 fully saturated rings. The van der Waals surface area contributed by atoms with E-state index in [1.165, 1.54) is 30.8 Å². The van der Waals surface area contributed by atoms with Crippen molar-refractivity contribution in [3.05, 3.63) is 70.7 Å². The summed E-state index contributed by atoms with van der Waals surface area (Å²) in [5.74, 6) is 1.37. The molecule has 2 saturated heterocycles. The lowest BCUT2D eigenvalue weighted by Gasteiger charge is -2.56. The Morgan fingerprint density at radius 3 is 2.56 bits per heavy atom. The van der Waals surface area contributed by atoms with Crippen LogP contribution in [-0.4, -0.2) is 90.3 Å². The van der Waals surface area contributed by atoms with Crippen LogP contribution in [0.15, 0.2) is 64.9 Å². The first-order valence-electron chi connectivity index (χ1n) is 19.2. The number of H-pyrrole nitrogens is 1. The van der Waals surface area contributed by atoms with Gasteiger partial charge in [0.15, 0.2) is 5.03 Å². The summed E-state index contributed by atoms with van der Waals surface area (Å²) in [5.41, 5.74) is 1.46. The Labute approximate surface area is 325 Å². The Balaban J connectivity index is 0.991. The molecule has 0 bridgehead atoms. The van der Waals surface area contributed by atoms with Gasteiger partial charge in [-0.2, -0.15) is 0 Å². The number of carbonyl (C=O) groups excluding carboxylic acids is 1. The van der Waals surface area contributed by atoms with Crippen molar-refractivity contribution in [3.8, 4) is 11.5 Å². The van der Waals surface area contributed by atoms with Crippen molar-refractivity contribution in [1.29, 1.82) is 0 Å². The van der Waals surface area contributed by atoms with E-state index >= 15 is 0 Å². The molecule has 2 N–H and O–H groups in total. The maximum Gasteiger partial charge on any atom is 0.302 e. The molecule has 0 atom stereocenters. The number of thioether (sulfide) groups is 1. The quantitative estimate of drug-likeness (QED) is 0.0929. The van der Waals surface area contributed by atoms with Crippen LogP contribution in [0.1, 0.15) is 68.6 Å². The molecule has 0 unspecified atom stereocenters. The second-order valence-electron chi connectivity index (χ2n) is 15.7. The second-order valence-corrected chi connectivity index (χ2v) is 18.4. The molecule has 292 valence electrons. The zero-order chi connectivity index (χ0) is 38.2. The third-order valence-corrected chi connectivity index (χ3v) is 14.6. The molecule has 5 heterocycles. The van der Waals surface area contributed by atoms with Crippen LogP contribution >= 0.6 is 11.8 Å². The summed E-state index contributed by atoms with van der Waals surface area (Å²) in [4.78, 5) is 41.3. The number of carbonyl (C=O) groups is 1. The summed E-state index contributed by atoms with van der Waals surface area (Å²) < 4.78 is 41.1. The van der Waals surface area contributed by atoms with E-state index in [-0.39, 0.29) is 16.3 Å². The molecule has 1 aromatic carbocycles. The third-order valence-electron chi connectivity index (χ3n) is 12.0. The maximum atomic E-state index is 13.8. The molecule has 55 heavy (non-hydrogen) atoms. The van der Waals surface area contributed by atoms with Gasteiger partial charge in [-0.1, -0.05) is 31.5 Å². The van der Waals surface area contributed by atoms with E-state index in [0.717, 1.165) is 101 Å². The summed E-state index contributed by atoms with van der Waals surface area (Å²) in [5, 5.41) is 13.0. The highest BCUT2D eigenvalue weighted by molar-refractivity contribution is 7.99. The summed E-state index contributed by atoms with van der Waals surface area (Å²) in [6, 6.07) is 10.4. The van der Waals surface area contributed by atoms with Gasteiger partial charge in [0.05, 0.1) is 29.9 Å². The fourth-order valence-electron chi connectivity index (χ4n) is 8.61. The standard InChI is InChI=1S/C39H47N7O7S2/c1-26-2-4-27(5-3-26)25-54-38-34(46(48)49)20-32(24-42-38)55(50,51)43-37(47)33-7-6-29(19-35(33)53-31-18-28-8-11-40-36(28)41-23-31)44-12-9-39(10-13-44)21-30(22-39)45-14-16-52-17-15-45/h6-8,11,18-20,23-24,26-27,30H,2-5,9-10,12-17,21-22,25H2,1H3,(H,40,41)(H,43,47)/t26-,27+. The highest BCUT2D eigenvalue weighted by Gasteiger charge is 2.48. The van der Waals surface area contributed by atoms with Gasteiger partial charge in [0.25, 0.3) is 15.9 Å². The predicted molar refractivity (Wildman–Crippen MR) is 209 cm³/mol. The number of aromatic nitrogens is 3. The van der Waals surface area contributed by atoms with E-state index in [2.05, 4.69) is 36.4 Å². The van der Waals surface area contributed by atoms with E-state index in [1.807, 2.05) is 12.1 Å². The van der Waals surface area contributed by atoms with Crippen molar-refractivity contribution in [1.82, 2.24) is 24.6 Å². The van der Waals surface area contributed by atoms with Crippen LogP contribution in [0.2, 0.25) is 0 Å². The number of morpholine rings is 1. The maximum absolute atomic E-state index is 13.8. The van der Waals surface area contributed by atoms with Gasteiger partial charge in [0, 0.05) is 73.6 Å². The molecule has 4 aromatic rings. The molecular formula is C39H47N7O7S2. The van der Waals surface area contributed by atoms with Gasteiger partial charge in [-0.15, -0.1) is 0 Å². The number of hydrogen-bond acceptors (Lipinski definition) is 12. The molecule has 2 aliphatic carbocycles. The van der Waals surface area contributed by atoms with Crippen molar-refractivity contribution in [3.63, 3.8) is 0 Å². The second kappa shape index (κ2) is 15.7. The van der Waals surface area contributed by atoms with Crippen molar-refractivity contribution in [2.24, 2.45) is 17.3 Å². The number of rotatable bonds is 11. The van der Waals surface area contributed by atoms with Crippen molar-refractivity contribution in [2.75, 3.05) is 50.0 Å². The van der Waals surface area contributed by atoms with E-state index in [9.17, 15) is 23.3 Å². The minimum absolute atomic E-state index is 0.0150. The first-order chi connectivity index (χ1) is 26.5.